The molecule has 0 aliphatic carbocycles. The molecule has 0 spiro atoms. The van der Waals surface area contributed by atoms with Gasteiger partial charge in [0, 0.05) is 18.1 Å². The van der Waals surface area contributed by atoms with Crippen LogP contribution in [0.5, 0.6) is 0 Å². The van der Waals surface area contributed by atoms with Crippen LogP contribution in [0.2, 0.25) is 0 Å². The number of hydrogen-bond acceptors (Lipinski definition) is 5. The van der Waals surface area contributed by atoms with Gasteiger partial charge in [-0.3, -0.25) is 9.36 Å². The largest absolute Gasteiger partial charge is 0.465 e. The fourth-order valence-corrected chi connectivity index (χ4v) is 4.39. The van der Waals surface area contributed by atoms with Crippen LogP contribution in [0.4, 0.5) is 0 Å². The van der Waals surface area contributed by atoms with Gasteiger partial charge in [-0.1, -0.05) is 29.5 Å². The summed E-state index contributed by atoms with van der Waals surface area (Å²) >= 11 is 1.39. The second-order valence-electron chi connectivity index (χ2n) is 7.11. The van der Waals surface area contributed by atoms with Crippen molar-refractivity contribution in [2.75, 3.05) is 7.11 Å². The Bertz CT molecular complexity index is 1080. The number of aromatic nitrogens is 3. The van der Waals surface area contributed by atoms with E-state index in [2.05, 4.69) is 42.0 Å². The van der Waals surface area contributed by atoms with E-state index in [1.54, 1.807) is 20.0 Å². The van der Waals surface area contributed by atoms with Crippen molar-refractivity contribution in [3.63, 3.8) is 0 Å². The molecule has 1 aromatic carbocycles. The summed E-state index contributed by atoms with van der Waals surface area (Å²) in [5, 5.41) is 0.357. The van der Waals surface area contributed by atoms with Crippen LogP contribution in [0.1, 0.15) is 50.2 Å². The molecule has 0 fully saturated rings. The maximum absolute atomic E-state index is 13.1. The van der Waals surface area contributed by atoms with Gasteiger partial charge >= 0.3 is 5.97 Å². The Morgan fingerprint density at radius 3 is 2.59 bits per heavy atom. The number of ketones is 1. The summed E-state index contributed by atoms with van der Waals surface area (Å²) in [6.07, 6.45) is 3.63. The van der Waals surface area contributed by atoms with Gasteiger partial charge in [-0.2, -0.15) is 0 Å². The number of ether oxygens (including phenoxy) is 1. The summed E-state index contributed by atoms with van der Waals surface area (Å²) in [4.78, 5) is 32.6. The highest BCUT2D eigenvalue weighted by Crippen LogP contribution is 2.29. The molecule has 0 bridgehead atoms. The van der Waals surface area contributed by atoms with Crippen LogP contribution in [0.3, 0.4) is 0 Å². The molecule has 2 heterocycles. The lowest BCUT2D eigenvalue weighted by molar-refractivity contribution is 0.0599. The molecule has 1 N–H and O–H groups in total. The Hall–Kier alpha value is -2.80. The second kappa shape index (κ2) is 8.29. The number of aromatic amines is 1. The van der Waals surface area contributed by atoms with Crippen LogP contribution in [0.25, 0.3) is 5.69 Å². The standard InChI is InChI=1S/C22H25N3O3S/c1-12-7-8-17(13(2)11-12)25-10-9-23-22(25)29-16(5)20(26)19-14(3)18(15(4)24-19)21(27)28-6/h7-11,16,24H,1-6H3/t16-/m0/s1. The predicted octanol–water partition coefficient (Wildman–Crippen LogP) is 4.58. The van der Waals surface area contributed by atoms with Crippen molar-refractivity contribution in [3.8, 4) is 5.69 Å². The number of nitrogens with one attached hydrogen (secondary N) is 1. The number of Topliss-reactive ketones (excluding diaryl/α,β-unsaturated/α-hetero) is 1. The molecule has 0 radical (unpaired) electrons. The van der Waals surface area contributed by atoms with Crippen molar-refractivity contribution in [2.45, 2.75) is 45.0 Å². The van der Waals surface area contributed by atoms with Crippen molar-refractivity contribution in [1.82, 2.24) is 14.5 Å². The van der Waals surface area contributed by atoms with Crippen LogP contribution in [0, 0.1) is 27.7 Å². The van der Waals surface area contributed by atoms with E-state index in [0.29, 0.717) is 22.5 Å². The van der Waals surface area contributed by atoms with Gasteiger partial charge in [0.1, 0.15) is 0 Å². The highest BCUT2D eigenvalue weighted by molar-refractivity contribution is 8.00. The molecule has 152 valence electrons. The van der Waals surface area contributed by atoms with Gasteiger partial charge in [0.25, 0.3) is 0 Å². The van der Waals surface area contributed by atoms with Gasteiger partial charge in [0.15, 0.2) is 10.9 Å². The normalized spacial score (nSPS) is 12.1. The lowest BCUT2D eigenvalue weighted by Gasteiger charge is -2.14. The smallest absolute Gasteiger partial charge is 0.339 e. The number of carbonyl (C=O) groups excluding carboxylic acids is 2. The number of rotatable bonds is 6. The third kappa shape index (κ3) is 4.00. The van der Waals surface area contributed by atoms with Gasteiger partial charge in [-0.25, -0.2) is 9.78 Å². The zero-order valence-corrected chi connectivity index (χ0v) is 18.3. The molecule has 0 unspecified atom stereocenters. The average Bonchev–Trinajstić information content (AvgIpc) is 3.24. The van der Waals surface area contributed by atoms with E-state index >= 15 is 0 Å². The molecular weight excluding hydrogens is 386 g/mol. The number of aryl methyl sites for hydroxylation is 3. The van der Waals surface area contributed by atoms with Crippen molar-refractivity contribution < 1.29 is 14.3 Å². The number of hydrogen-bond donors (Lipinski definition) is 1. The van der Waals surface area contributed by atoms with Gasteiger partial charge in [-0.15, -0.1) is 0 Å². The van der Waals surface area contributed by atoms with E-state index in [1.807, 2.05) is 17.7 Å². The summed E-state index contributed by atoms with van der Waals surface area (Å²) in [5.41, 5.74) is 5.48. The number of imidazole rings is 1. The van der Waals surface area contributed by atoms with Crippen molar-refractivity contribution in [2.24, 2.45) is 0 Å². The first-order valence-corrected chi connectivity index (χ1v) is 10.2. The molecule has 3 rings (SSSR count). The minimum Gasteiger partial charge on any atom is -0.465 e. The summed E-state index contributed by atoms with van der Waals surface area (Å²) in [6, 6.07) is 6.24. The lowest BCUT2D eigenvalue weighted by Crippen LogP contribution is -2.16. The van der Waals surface area contributed by atoms with E-state index in [9.17, 15) is 9.59 Å². The number of methoxy groups -OCH3 is 1. The zero-order valence-electron chi connectivity index (χ0n) is 17.5. The van der Waals surface area contributed by atoms with Gasteiger partial charge < -0.3 is 9.72 Å². The Morgan fingerprint density at radius 1 is 1.21 bits per heavy atom. The summed E-state index contributed by atoms with van der Waals surface area (Å²) in [6.45, 7) is 9.49. The molecule has 0 saturated heterocycles. The van der Waals surface area contributed by atoms with Crippen LogP contribution in [0.15, 0.2) is 35.7 Å². The van der Waals surface area contributed by atoms with Crippen molar-refractivity contribution >= 4 is 23.5 Å². The number of thioether (sulfide) groups is 1. The minimum absolute atomic E-state index is 0.0825. The van der Waals surface area contributed by atoms with E-state index in [0.717, 1.165) is 16.4 Å². The molecular formula is C22H25N3O3S. The number of esters is 1. The third-order valence-electron chi connectivity index (χ3n) is 4.94. The molecule has 0 amide bonds. The molecule has 0 saturated carbocycles. The number of benzene rings is 1. The molecule has 1 atom stereocenters. The Morgan fingerprint density at radius 2 is 1.93 bits per heavy atom. The summed E-state index contributed by atoms with van der Waals surface area (Å²) in [5.74, 6) is -0.526. The average molecular weight is 412 g/mol. The topological polar surface area (TPSA) is 77.0 Å². The highest BCUT2D eigenvalue weighted by atomic mass is 32.2. The van der Waals surface area contributed by atoms with Gasteiger partial charge in [-0.05, 0) is 51.8 Å². The SMILES string of the molecule is COC(=O)c1c(C)[nH]c(C(=O)[C@H](C)Sc2nccn2-c2ccc(C)cc2C)c1C. The molecule has 29 heavy (non-hydrogen) atoms. The maximum atomic E-state index is 13.1. The number of carbonyl (C=O) groups is 2. The lowest BCUT2D eigenvalue weighted by atomic mass is 10.1. The fraction of sp³-hybridized carbons (Fsp3) is 0.318. The third-order valence-corrected chi connectivity index (χ3v) is 6.02. The van der Waals surface area contributed by atoms with Crippen LogP contribution in [-0.2, 0) is 4.74 Å². The fourth-order valence-electron chi connectivity index (χ4n) is 3.46. The van der Waals surface area contributed by atoms with Gasteiger partial charge in [0.05, 0.1) is 29.3 Å². The number of H-pyrrole nitrogens is 1. The first-order chi connectivity index (χ1) is 13.7. The molecule has 7 heteroatoms. The first kappa shape index (κ1) is 20.9. The molecule has 2 aromatic heterocycles. The Labute approximate surface area is 174 Å². The maximum Gasteiger partial charge on any atom is 0.339 e. The van der Waals surface area contributed by atoms with Crippen molar-refractivity contribution in [3.05, 3.63) is 64.2 Å². The van der Waals surface area contributed by atoms with E-state index in [1.165, 1.54) is 24.4 Å². The van der Waals surface area contributed by atoms with Gasteiger partial charge in [0.2, 0.25) is 0 Å². The zero-order chi connectivity index (χ0) is 21.3. The van der Waals surface area contributed by atoms with Crippen LogP contribution < -0.4 is 0 Å². The predicted molar refractivity (Wildman–Crippen MR) is 114 cm³/mol. The number of nitrogens with zero attached hydrogens (tertiary/aromatic N) is 2. The van der Waals surface area contributed by atoms with E-state index in [-0.39, 0.29) is 11.0 Å². The van der Waals surface area contributed by atoms with E-state index < -0.39 is 5.97 Å². The second-order valence-corrected chi connectivity index (χ2v) is 8.42. The first-order valence-electron chi connectivity index (χ1n) is 9.34. The van der Waals surface area contributed by atoms with Crippen LogP contribution >= 0.6 is 11.8 Å². The molecule has 0 aliphatic heterocycles. The Balaban J connectivity index is 1.87. The molecule has 6 nitrogen and oxygen atoms in total. The monoisotopic (exact) mass is 411 g/mol. The van der Waals surface area contributed by atoms with Crippen molar-refractivity contribution in [1.29, 1.82) is 0 Å². The van der Waals surface area contributed by atoms with E-state index in [4.69, 9.17) is 4.74 Å². The quantitative estimate of drug-likeness (QED) is 0.365. The highest BCUT2D eigenvalue weighted by Gasteiger charge is 2.27. The summed E-state index contributed by atoms with van der Waals surface area (Å²) in [7, 11) is 1.33. The minimum atomic E-state index is -0.444. The van der Waals surface area contributed by atoms with Crippen LogP contribution in [-0.4, -0.2) is 38.6 Å². The summed E-state index contributed by atoms with van der Waals surface area (Å²) < 4.78 is 6.83. The Kier molecular flexibility index (Phi) is 5.98. The molecule has 3 aromatic rings. The molecule has 0 aliphatic rings.